The van der Waals surface area contributed by atoms with E-state index >= 15 is 0 Å². The summed E-state index contributed by atoms with van der Waals surface area (Å²) in [5.41, 5.74) is 3.85. The van der Waals surface area contributed by atoms with E-state index in [1.807, 2.05) is 86.9 Å². The molecule has 13 nitrogen and oxygen atoms in total. The van der Waals surface area contributed by atoms with Crippen molar-refractivity contribution in [3.63, 3.8) is 0 Å². The maximum absolute atomic E-state index is 12.3. The first-order chi connectivity index (χ1) is 24.8. The summed E-state index contributed by atoms with van der Waals surface area (Å²) in [5.74, 6) is -1.72. The van der Waals surface area contributed by atoms with E-state index < -0.39 is 48.8 Å². The number of hydrogen-bond donors (Lipinski definition) is 2. The maximum atomic E-state index is 12.3. The number of rotatable bonds is 13. The van der Waals surface area contributed by atoms with E-state index in [0.29, 0.717) is 30.7 Å². The van der Waals surface area contributed by atoms with Crippen molar-refractivity contribution in [3.8, 4) is 0 Å². The summed E-state index contributed by atoms with van der Waals surface area (Å²) >= 11 is 0. The number of imide groups is 1. The van der Waals surface area contributed by atoms with Crippen LogP contribution in [0, 0.1) is 0 Å². The molecule has 1 unspecified atom stereocenters. The topological polar surface area (TPSA) is 179 Å². The van der Waals surface area contributed by atoms with E-state index in [2.05, 4.69) is 0 Å². The van der Waals surface area contributed by atoms with Gasteiger partial charge in [-0.2, -0.15) is 21.4 Å². The Morgan fingerprint density at radius 3 is 2.08 bits per heavy atom. The number of benzene rings is 2. The molecule has 5 rings (SSSR count). The lowest BCUT2D eigenvalue weighted by molar-refractivity contribution is -0.401. The van der Waals surface area contributed by atoms with Gasteiger partial charge in [0.15, 0.2) is 5.71 Å². The molecule has 0 radical (unpaired) electrons. The molecule has 1 atom stereocenters. The zero-order valence-corrected chi connectivity index (χ0v) is 31.9. The van der Waals surface area contributed by atoms with Crippen LogP contribution in [0.15, 0.2) is 94.4 Å². The fourth-order valence-electron chi connectivity index (χ4n) is 7.30. The van der Waals surface area contributed by atoms with Crippen LogP contribution >= 0.6 is 0 Å². The number of carbonyl (C=O) groups excluding carboxylic acids is 3. The van der Waals surface area contributed by atoms with Gasteiger partial charge in [-0.05, 0) is 75.6 Å². The molecule has 0 saturated carbocycles. The third-order valence-corrected chi connectivity index (χ3v) is 11.9. The SMILES string of the molecule is CN1\C(=C/C=C/C=C/C=C/C2=[N+](C)c3ccc(S(=O)(=O)O)cc3C2(C)C)C(C)(CCCCCC(=O)ON2C(=O)CCC2=O)c2cc(S(=O)(=O)O)ccc21. The van der Waals surface area contributed by atoms with E-state index in [9.17, 15) is 40.3 Å². The number of carbonyl (C=O) groups is 3. The second-order valence-corrected chi connectivity index (χ2v) is 16.9. The predicted molar refractivity (Wildman–Crippen MR) is 198 cm³/mol. The van der Waals surface area contributed by atoms with Crippen LogP contribution in [0.2, 0.25) is 0 Å². The highest BCUT2D eigenvalue weighted by Gasteiger charge is 2.44. The minimum absolute atomic E-state index is 0.0240. The molecular formula is C38H44N3O10S2+. The molecule has 3 aliphatic rings. The Bertz CT molecular complexity index is 2220. The molecule has 53 heavy (non-hydrogen) atoms. The number of nitrogens with zero attached hydrogens (tertiary/aromatic N) is 3. The Kier molecular flexibility index (Phi) is 11.2. The fraction of sp³-hybridized carbons (Fsp3) is 0.368. The second-order valence-electron chi connectivity index (χ2n) is 14.1. The minimum atomic E-state index is -4.45. The summed E-state index contributed by atoms with van der Waals surface area (Å²) in [7, 11) is -4.99. The molecule has 0 aliphatic carbocycles. The van der Waals surface area contributed by atoms with Gasteiger partial charge in [-0.1, -0.05) is 43.2 Å². The summed E-state index contributed by atoms with van der Waals surface area (Å²) in [6.07, 6.45) is 15.7. The van der Waals surface area contributed by atoms with E-state index in [1.54, 1.807) is 12.1 Å². The van der Waals surface area contributed by atoms with E-state index in [-0.39, 0.29) is 29.1 Å². The number of hydrogen-bond acceptors (Lipinski definition) is 9. The Labute approximate surface area is 310 Å². The number of unbranched alkanes of at least 4 members (excludes halogenated alkanes) is 2. The third kappa shape index (κ3) is 8.12. The first-order valence-corrected chi connectivity index (χ1v) is 20.0. The maximum Gasteiger partial charge on any atom is 0.333 e. The quantitative estimate of drug-likeness (QED) is 0.0840. The first kappa shape index (κ1) is 39.5. The van der Waals surface area contributed by atoms with Crippen LogP contribution in [0.5, 0.6) is 0 Å². The summed E-state index contributed by atoms with van der Waals surface area (Å²) in [5, 5.41) is 0.539. The molecule has 2 aromatic rings. The van der Waals surface area contributed by atoms with Crippen molar-refractivity contribution in [2.75, 3.05) is 19.0 Å². The van der Waals surface area contributed by atoms with Gasteiger partial charge in [0.1, 0.15) is 7.05 Å². The Balaban J connectivity index is 1.28. The van der Waals surface area contributed by atoms with Gasteiger partial charge in [-0.3, -0.25) is 18.7 Å². The number of amides is 2. The van der Waals surface area contributed by atoms with Gasteiger partial charge >= 0.3 is 5.97 Å². The van der Waals surface area contributed by atoms with Crippen molar-refractivity contribution in [3.05, 3.63) is 95.8 Å². The van der Waals surface area contributed by atoms with Crippen LogP contribution in [0.3, 0.4) is 0 Å². The molecule has 15 heteroatoms. The van der Waals surface area contributed by atoms with Gasteiger partial charge in [0, 0.05) is 60.8 Å². The smallest absolute Gasteiger partial charge is 0.333 e. The zero-order chi connectivity index (χ0) is 38.9. The number of allylic oxidation sites excluding steroid dienone is 8. The van der Waals surface area contributed by atoms with Crippen LogP contribution in [-0.2, 0) is 50.3 Å². The summed E-state index contributed by atoms with van der Waals surface area (Å²) in [6.45, 7) is 5.98. The van der Waals surface area contributed by atoms with Gasteiger partial charge in [-0.25, -0.2) is 4.79 Å². The summed E-state index contributed by atoms with van der Waals surface area (Å²) < 4.78 is 68.9. The molecule has 2 N–H and O–H groups in total. The zero-order valence-electron chi connectivity index (χ0n) is 30.3. The van der Waals surface area contributed by atoms with Gasteiger partial charge in [0.2, 0.25) is 5.69 Å². The number of anilines is 1. The molecule has 3 aliphatic heterocycles. The van der Waals surface area contributed by atoms with Crippen LogP contribution in [0.4, 0.5) is 11.4 Å². The van der Waals surface area contributed by atoms with Crippen molar-refractivity contribution >= 4 is 55.1 Å². The summed E-state index contributed by atoms with van der Waals surface area (Å²) in [6, 6.07) is 9.11. The van der Waals surface area contributed by atoms with Crippen LogP contribution in [-0.4, -0.2) is 73.2 Å². The van der Waals surface area contributed by atoms with Gasteiger partial charge in [0.25, 0.3) is 32.1 Å². The molecule has 282 valence electrons. The Morgan fingerprint density at radius 2 is 1.43 bits per heavy atom. The molecular weight excluding hydrogens is 723 g/mol. The fourth-order valence-corrected chi connectivity index (χ4v) is 8.31. The first-order valence-electron chi connectivity index (χ1n) is 17.1. The molecule has 1 fully saturated rings. The number of fused-ring (bicyclic) bond motifs is 2. The molecule has 0 spiro atoms. The number of likely N-dealkylation sites (N-methyl/N-ethyl adjacent to an activating group) is 1. The lowest BCUT2D eigenvalue weighted by Crippen LogP contribution is -2.31. The second kappa shape index (κ2) is 15.0. The molecule has 3 heterocycles. The average Bonchev–Trinajstić information content (AvgIpc) is 3.58. The highest BCUT2D eigenvalue weighted by molar-refractivity contribution is 7.86. The molecule has 1 saturated heterocycles. The van der Waals surface area contributed by atoms with Crippen LogP contribution in [0.25, 0.3) is 0 Å². The molecule has 2 aromatic carbocycles. The van der Waals surface area contributed by atoms with Crippen LogP contribution in [0.1, 0.15) is 76.8 Å². The van der Waals surface area contributed by atoms with Crippen molar-refractivity contribution in [1.29, 1.82) is 0 Å². The van der Waals surface area contributed by atoms with Crippen molar-refractivity contribution in [1.82, 2.24) is 5.06 Å². The Morgan fingerprint density at radius 1 is 0.849 bits per heavy atom. The standard InChI is InChI=1S/C38H43N3O10S2/c1-37(2)28-24-26(52(45,46)47)17-19-30(28)39(4)32(37)14-10-7-6-8-11-15-33-38(3,29-25-27(53(48,49)50)18-20-31(29)40(33)5)23-13-9-12-16-36(44)51-41-34(42)21-22-35(41)43/h6-8,10-11,14-15,17-20,24-25H,9,12-13,16,21-23H2,1-5H3,(H-,45,46,47,48,49,50)/p+1. The van der Waals surface area contributed by atoms with Crippen molar-refractivity contribution in [2.24, 2.45) is 0 Å². The largest absolute Gasteiger partial charge is 0.347 e. The highest BCUT2D eigenvalue weighted by Crippen LogP contribution is 2.50. The monoisotopic (exact) mass is 766 g/mol. The predicted octanol–water partition coefficient (Wildman–Crippen LogP) is 5.70. The average molecular weight is 767 g/mol. The van der Waals surface area contributed by atoms with E-state index in [1.165, 1.54) is 24.3 Å². The van der Waals surface area contributed by atoms with E-state index in [0.717, 1.165) is 33.9 Å². The number of hydroxylamine groups is 2. The van der Waals surface area contributed by atoms with Crippen LogP contribution < -0.4 is 4.90 Å². The Hall–Kier alpha value is -4.70. The van der Waals surface area contributed by atoms with Crippen molar-refractivity contribution < 1.29 is 49.7 Å². The molecule has 0 bridgehead atoms. The lowest BCUT2D eigenvalue weighted by atomic mass is 9.77. The summed E-state index contributed by atoms with van der Waals surface area (Å²) in [4.78, 5) is 42.3. The minimum Gasteiger partial charge on any atom is -0.347 e. The van der Waals surface area contributed by atoms with Gasteiger partial charge in [0.05, 0.1) is 15.2 Å². The normalized spacial score (nSPS) is 20.9. The highest BCUT2D eigenvalue weighted by atomic mass is 32.2. The lowest BCUT2D eigenvalue weighted by Gasteiger charge is -2.29. The molecule has 0 aromatic heterocycles. The molecule has 2 amide bonds. The third-order valence-electron chi connectivity index (χ3n) is 10.2. The van der Waals surface area contributed by atoms with Gasteiger partial charge in [-0.15, -0.1) is 5.06 Å². The van der Waals surface area contributed by atoms with E-state index in [4.69, 9.17) is 4.84 Å². The van der Waals surface area contributed by atoms with Gasteiger partial charge < -0.3 is 9.74 Å². The van der Waals surface area contributed by atoms with Crippen molar-refractivity contribution in [2.45, 2.75) is 86.3 Å².